The SMILES string of the molecule is Cc1nc2ccc(-n3cnnc3-c3c(-c4cc(Cl)ccc4Cl)nc4ccccn34)cc2[nH]1. The minimum Gasteiger partial charge on any atom is -0.342 e. The highest BCUT2D eigenvalue weighted by Crippen LogP contribution is 2.37. The zero-order valence-corrected chi connectivity index (χ0v) is 18.3. The van der Waals surface area contributed by atoms with Gasteiger partial charge in [0.2, 0.25) is 0 Å². The largest absolute Gasteiger partial charge is 0.342 e. The number of hydrogen-bond donors (Lipinski definition) is 1. The van der Waals surface area contributed by atoms with Gasteiger partial charge in [-0.05, 0) is 55.5 Å². The molecule has 6 rings (SSSR count). The summed E-state index contributed by atoms with van der Waals surface area (Å²) < 4.78 is 3.90. The number of nitrogens with zero attached hydrogens (tertiary/aromatic N) is 6. The van der Waals surface area contributed by atoms with Crippen molar-refractivity contribution < 1.29 is 0 Å². The van der Waals surface area contributed by atoms with Gasteiger partial charge in [0.25, 0.3) is 0 Å². The Balaban J connectivity index is 1.63. The van der Waals surface area contributed by atoms with Crippen LogP contribution in [0, 0.1) is 6.92 Å². The van der Waals surface area contributed by atoms with Gasteiger partial charge in [0.15, 0.2) is 5.82 Å². The molecule has 1 N–H and O–H groups in total. The van der Waals surface area contributed by atoms with Crippen molar-refractivity contribution in [3.05, 3.63) is 83.0 Å². The summed E-state index contributed by atoms with van der Waals surface area (Å²) in [6.45, 7) is 1.93. The molecule has 0 saturated heterocycles. The second kappa shape index (κ2) is 7.19. The Kier molecular flexibility index (Phi) is 4.28. The maximum absolute atomic E-state index is 6.55. The smallest absolute Gasteiger partial charge is 0.187 e. The minimum atomic E-state index is 0.555. The lowest BCUT2D eigenvalue weighted by atomic mass is 10.1. The summed E-state index contributed by atoms with van der Waals surface area (Å²) in [5, 5.41) is 9.80. The van der Waals surface area contributed by atoms with Crippen LogP contribution in [0.4, 0.5) is 0 Å². The van der Waals surface area contributed by atoms with Crippen LogP contribution in [0.25, 0.3) is 45.1 Å². The molecule has 0 saturated carbocycles. The van der Waals surface area contributed by atoms with Crippen molar-refractivity contribution in [2.75, 3.05) is 0 Å². The second-order valence-electron chi connectivity index (χ2n) is 7.41. The highest BCUT2D eigenvalue weighted by Gasteiger charge is 2.23. The molecule has 9 heteroatoms. The van der Waals surface area contributed by atoms with Crippen LogP contribution in [-0.4, -0.2) is 34.1 Å². The molecule has 0 aliphatic carbocycles. The normalized spacial score (nSPS) is 11.6. The number of pyridine rings is 1. The van der Waals surface area contributed by atoms with E-state index in [0.29, 0.717) is 21.6 Å². The third-order valence-electron chi connectivity index (χ3n) is 5.34. The van der Waals surface area contributed by atoms with Gasteiger partial charge in [0.1, 0.15) is 29.2 Å². The van der Waals surface area contributed by atoms with Crippen molar-refractivity contribution in [2.24, 2.45) is 0 Å². The van der Waals surface area contributed by atoms with Crippen molar-refractivity contribution in [3.8, 4) is 28.5 Å². The molecule has 0 bridgehead atoms. The van der Waals surface area contributed by atoms with Crippen LogP contribution in [-0.2, 0) is 0 Å². The number of aromatic amines is 1. The van der Waals surface area contributed by atoms with Gasteiger partial charge in [-0.3, -0.25) is 8.97 Å². The van der Waals surface area contributed by atoms with Gasteiger partial charge in [-0.15, -0.1) is 10.2 Å². The highest BCUT2D eigenvalue weighted by molar-refractivity contribution is 6.35. The van der Waals surface area contributed by atoms with E-state index in [1.54, 1.807) is 18.5 Å². The van der Waals surface area contributed by atoms with E-state index in [4.69, 9.17) is 28.2 Å². The summed E-state index contributed by atoms with van der Waals surface area (Å²) in [7, 11) is 0. The first-order chi connectivity index (χ1) is 15.6. The van der Waals surface area contributed by atoms with E-state index in [0.717, 1.165) is 39.4 Å². The summed E-state index contributed by atoms with van der Waals surface area (Å²) in [6, 6.07) is 17.2. The Morgan fingerprint density at radius 2 is 1.88 bits per heavy atom. The van der Waals surface area contributed by atoms with Gasteiger partial charge < -0.3 is 4.98 Å². The van der Waals surface area contributed by atoms with Gasteiger partial charge in [-0.1, -0.05) is 29.3 Å². The fourth-order valence-corrected chi connectivity index (χ4v) is 4.32. The summed E-state index contributed by atoms with van der Waals surface area (Å²) in [5.41, 5.74) is 5.68. The number of imidazole rings is 2. The molecule has 6 aromatic rings. The van der Waals surface area contributed by atoms with Gasteiger partial charge in [0.05, 0.1) is 21.7 Å². The van der Waals surface area contributed by atoms with Gasteiger partial charge in [-0.2, -0.15) is 0 Å². The number of nitrogens with one attached hydrogen (secondary N) is 1. The van der Waals surface area contributed by atoms with E-state index in [-0.39, 0.29) is 0 Å². The maximum atomic E-state index is 6.55. The standard InChI is InChI=1S/C23H15Cl2N7/c1-13-27-18-8-6-15(11-19(18)28-13)32-12-26-30-23(32)22-21(16-10-14(24)5-7-17(16)25)29-20-4-2-3-9-31(20)22/h2-12H,1H3,(H,27,28). The van der Waals surface area contributed by atoms with Crippen LogP contribution in [0.2, 0.25) is 10.0 Å². The number of H-pyrrole nitrogens is 1. The van der Waals surface area contributed by atoms with E-state index in [2.05, 4.69) is 20.2 Å². The monoisotopic (exact) mass is 459 g/mol. The first kappa shape index (κ1) is 19.0. The lowest BCUT2D eigenvalue weighted by Gasteiger charge is -2.10. The Morgan fingerprint density at radius 3 is 2.78 bits per heavy atom. The predicted octanol–water partition coefficient (Wildman–Crippen LogP) is 5.74. The van der Waals surface area contributed by atoms with E-state index in [1.165, 1.54) is 0 Å². The summed E-state index contributed by atoms with van der Waals surface area (Å²) in [5.74, 6) is 1.49. The molecular weight excluding hydrogens is 445 g/mol. The van der Waals surface area contributed by atoms with Gasteiger partial charge >= 0.3 is 0 Å². The lowest BCUT2D eigenvalue weighted by molar-refractivity contribution is 1.04. The van der Waals surface area contributed by atoms with Crippen molar-refractivity contribution in [3.63, 3.8) is 0 Å². The third kappa shape index (κ3) is 2.97. The molecule has 2 aromatic carbocycles. The average Bonchev–Trinajstić information content (AvgIpc) is 3.49. The molecule has 4 heterocycles. The van der Waals surface area contributed by atoms with Crippen LogP contribution >= 0.6 is 23.2 Å². The van der Waals surface area contributed by atoms with E-state index < -0.39 is 0 Å². The number of hydrogen-bond acceptors (Lipinski definition) is 4. The zero-order chi connectivity index (χ0) is 21.8. The van der Waals surface area contributed by atoms with Crippen LogP contribution in [0.1, 0.15) is 5.82 Å². The van der Waals surface area contributed by atoms with E-state index in [9.17, 15) is 0 Å². The number of aromatic nitrogens is 7. The topological polar surface area (TPSA) is 76.7 Å². The fourth-order valence-electron chi connectivity index (χ4n) is 3.94. The summed E-state index contributed by atoms with van der Waals surface area (Å²) in [6.07, 6.45) is 3.63. The molecule has 0 aliphatic heterocycles. The molecule has 0 unspecified atom stereocenters. The van der Waals surface area contributed by atoms with E-state index >= 15 is 0 Å². The minimum absolute atomic E-state index is 0.555. The van der Waals surface area contributed by atoms with Gasteiger partial charge in [0, 0.05) is 16.8 Å². The Bertz CT molecular complexity index is 1630. The number of fused-ring (bicyclic) bond motifs is 2. The maximum Gasteiger partial charge on any atom is 0.187 e. The summed E-state index contributed by atoms with van der Waals surface area (Å²) in [4.78, 5) is 12.6. The zero-order valence-electron chi connectivity index (χ0n) is 16.8. The van der Waals surface area contributed by atoms with Crippen LogP contribution in [0.5, 0.6) is 0 Å². The molecule has 0 radical (unpaired) electrons. The van der Waals surface area contributed by atoms with Gasteiger partial charge in [-0.25, -0.2) is 9.97 Å². The molecule has 32 heavy (non-hydrogen) atoms. The number of benzene rings is 2. The molecule has 0 aliphatic rings. The molecule has 0 spiro atoms. The molecule has 0 atom stereocenters. The summed E-state index contributed by atoms with van der Waals surface area (Å²) >= 11 is 12.8. The highest BCUT2D eigenvalue weighted by atomic mass is 35.5. The number of rotatable bonds is 3. The van der Waals surface area contributed by atoms with E-state index in [1.807, 2.05) is 64.6 Å². The molecule has 4 aromatic heterocycles. The third-order valence-corrected chi connectivity index (χ3v) is 5.90. The quantitative estimate of drug-likeness (QED) is 0.365. The van der Waals surface area contributed by atoms with Crippen LogP contribution in [0.3, 0.4) is 0 Å². The Labute approximate surface area is 192 Å². The van der Waals surface area contributed by atoms with Crippen molar-refractivity contribution in [2.45, 2.75) is 6.92 Å². The number of halogens is 2. The van der Waals surface area contributed by atoms with Crippen LogP contribution in [0.15, 0.2) is 67.1 Å². The first-order valence-electron chi connectivity index (χ1n) is 9.88. The van der Waals surface area contributed by atoms with Crippen molar-refractivity contribution in [1.82, 2.24) is 34.1 Å². The Hall–Kier alpha value is -3.68. The fraction of sp³-hybridized carbons (Fsp3) is 0.0435. The Morgan fingerprint density at radius 1 is 0.969 bits per heavy atom. The molecular formula is C23H15Cl2N7. The predicted molar refractivity (Wildman–Crippen MR) is 125 cm³/mol. The lowest BCUT2D eigenvalue weighted by Crippen LogP contribution is -2.00. The van der Waals surface area contributed by atoms with Crippen molar-refractivity contribution in [1.29, 1.82) is 0 Å². The first-order valence-corrected chi connectivity index (χ1v) is 10.6. The van der Waals surface area contributed by atoms with Crippen LogP contribution < -0.4 is 0 Å². The average molecular weight is 460 g/mol. The molecule has 156 valence electrons. The molecule has 0 amide bonds. The molecule has 7 nitrogen and oxygen atoms in total. The second-order valence-corrected chi connectivity index (χ2v) is 8.25. The van der Waals surface area contributed by atoms with Crippen molar-refractivity contribution >= 4 is 39.9 Å². The number of aryl methyl sites for hydroxylation is 1. The molecule has 0 fully saturated rings.